The Bertz CT molecular complexity index is 280. The van der Waals surface area contributed by atoms with Gasteiger partial charge in [0.05, 0.1) is 11.8 Å². The fourth-order valence-electron chi connectivity index (χ4n) is 2.83. The highest BCUT2D eigenvalue weighted by Gasteiger charge is 2.55. The molecule has 12 heavy (non-hydrogen) atoms. The zero-order valence-corrected chi connectivity index (χ0v) is 6.49. The number of carbonyl (C=O) groups excluding carboxylic acids is 2. The van der Waals surface area contributed by atoms with E-state index in [2.05, 4.69) is 17.5 Å². The van der Waals surface area contributed by atoms with Crippen molar-refractivity contribution >= 4 is 11.8 Å². The first-order valence-corrected chi connectivity index (χ1v) is 4.30. The fourth-order valence-corrected chi connectivity index (χ4v) is 2.83. The van der Waals surface area contributed by atoms with Crippen LogP contribution in [0, 0.1) is 23.7 Å². The SMILES string of the molecule is O=C1NC(=O)[C@H]2[C@H]1[C@@H]1C=C[C@@H]2C1. The van der Waals surface area contributed by atoms with Gasteiger partial charge in [-0.15, -0.1) is 0 Å². The minimum absolute atomic E-state index is 0.0347. The van der Waals surface area contributed by atoms with Crippen molar-refractivity contribution in [3.05, 3.63) is 12.2 Å². The first-order valence-electron chi connectivity index (χ1n) is 4.30. The monoisotopic (exact) mass is 163 g/mol. The number of hydrogen-bond acceptors (Lipinski definition) is 2. The third kappa shape index (κ3) is 0.543. The molecule has 3 nitrogen and oxygen atoms in total. The van der Waals surface area contributed by atoms with Crippen LogP contribution < -0.4 is 5.32 Å². The fraction of sp³-hybridized carbons (Fsp3) is 0.556. The van der Waals surface area contributed by atoms with Crippen LogP contribution in [-0.4, -0.2) is 11.8 Å². The molecule has 0 radical (unpaired) electrons. The van der Waals surface area contributed by atoms with E-state index in [1.165, 1.54) is 0 Å². The summed E-state index contributed by atoms with van der Waals surface area (Å²) in [5.41, 5.74) is 0. The Morgan fingerprint density at radius 1 is 1.08 bits per heavy atom. The number of rotatable bonds is 0. The van der Waals surface area contributed by atoms with E-state index < -0.39 is 0 Å². The van der Waals surface area contributed by atoms with Crippen molar-refractivity contribution in [1.29, 1.82) is 0 Å². The lowest BCUT2D eigenvalue weighted by Gasteiger charge is -2.14. The quantitative estimate of drug-likeness (QED) is 0.406. The van der Waals surface area contributed by atoms with Crippen LogP contribution in [0.1, 0.15) is 6.42 Å². The lowest BCUT2D eigenvalue weighted by Crippen LogP contribution is -2.25. The number of fused-ring (bicyclic) bond motifs is 5. The maximum Gasteiger partial charge on any atom is 0.231 e. The molecule has 62 valence electrons. The maximum absolute atomic E-state index is 11.3. The zero-order chi connectivity index (χ0) is 8.29. The highest BCUT2D eigenvalue weighted by molar-refractivity contribution is 6.06. The summed E-state index contributed by atoms with van der Waals surface area (Å²) in [6.45, 7) is 0. The number of allylic oxidation sites excluding steroid dienone is 2. The summed E-state index contributed by atoms with van der Waals surface area (Å²) in [5.74, 6) is 0.501. The Hall–Kier alpha value is -1.12. The molecule has 1 saturated carbocycles. The molecule has 1 aliphatic heterocycles. The Balaban J connectivity index is 2.08. The van der Waals surface area contributed by atoms with E-state index >= 15 is 0 Å². The molecule has 0 aromatic heterocycles. The molecule has 3 rings (SSSR count). The molecule has 1 heterocycles. The molecule has 2 amide bonds. The zero-order valence-electron chi connectivity index (χ0n) is 6.49. The molecular weight excluding hydrogens is 154 g/mol. The van der Waals surface area contributed by atoms with Crippen molar-refractivity contribution in [2.75, 3.05) is 0 Å². The molecule has 3 aliphatic rings. The van der Waals surface area contributed by atoms with Crippen LogP contribution in [0.2, 0.25) is 0 Å². The van der Waals surface area contributed by atoms with E-state index in [0.29, 0.717) is 11.8 Å². The minimum Gasteiger partial charge on any atom is -0.296 e. The average molecular weight is 163 g/mol. The van der Waals surface area contributed by atoms with Crippen LogP contribution in [-0.2, 0) is 9.59 Å². The van der Waals surface area contributed by atoms with Gasteiger partial charge < -0.3 is 0 Å². The number of hydrogen-bond donors (Lipinski definition) is 1. The van der Waals surface area contributed by atoms with Gasteiger partial charge in [-0.2, -0.15) is 0 Å². The summed E-state index contributed by atoms with van der Waals surface area (Å²) in [6.07, 6.45) is 5.18. The van der Waals surface area contributed by atoms with Crippen LogP contribution in [0.25, 0.3) is 0 Å². The topological polar surface area (TPSA) is 46.2 Å². The molecule has 2 bridgehead atoms. The van der Waals surface area contributed by atoms with Crippen molar-refractivity contribution < 1.29 is 9.59 Å². The van der Waals surface area contributed by atoms with Crippen molar-refractivity contribution in [2.24, 2.45) is 23.7 Å². The normalized spacial score (nSPS) is 48.3. The molecule has 2 fully saturated rings. The first kappa shape index (κ1) is 6.40. The second-order valence-electron chi connectivity index (χ2n) is 3.85. The highest BCUT2D eigenvalue weighted by Crippen LogP contribution is 2.50. The van der Waals surface area contributed by atoms with Gasteiger partial charge in [-0.05, 0) is 18.3 Å². The van der Waals surface area contributed by atoms with E-state index in [0.717, 1.165) is 6.42 Å². The number of nitrogens with one attached hydrogen (secondary N) is 1. The van der Waals surface area contributed by atoms with Crippen LogP contribution in [0.5, 0.6) is 0 Å². The predicted octanol–water partition coefficient (Wildman–Crippen LogP) is 0.0811. The second-order valence-corrected chi connectivity index (χ2v) is 3.85. The minimum atomic E-state index is -0.0538. The van der Waals surface area contributed by atoms with Crippen LogP contribution in [0.15, 0.2) is 12.2 Å². The second kappa shape index (κ2) is 1.79. The van der Waals surface area contributed by atoms with E-state index in [1.54, 1.807) is 0 Å². The Labute approximate surface area is 69.8 Å². The Morgan fingerprint density at radius 3 is 2.08 bits per heavy atom. The summed E-state index contributed by atoms with van der Waals surface area (Å²) >= 11 is 0. The molecule has 2 aliphatic carbocycles. The largest absolute Gasteiger partial charge is 0.296 e. The van der Waals surface area contributed by atoms with E-state index in [1.807, 2.05) is 0 Å². The molecule has 0 spiro atoms. The third-order valence-electron chi connectivity index (χ3n) is 3.31. The summed E-state index contributed by atoms with van der Waals surface area (Å²) in [4.78, 5) is 22.6. The molecule has 0 aromatic rings. The number of imide groups is 1. The number of amides is 2. The van der Waals surface area contributed by atoms with Crippen molar-refractivity contribution in [3.8, 4) is 0 Å². The van der Waals surface area contributed by atoms with Crippen LogP contribution in [0.3, 0.4) is 0 Å². The number of carbonyl (C=O) groups is 2. The molecule has 0 aromatic carbocycles. The van der Waals surface area contributed by atoms with Gasteiger partial charge in [-0.3, -0.25) is 14.9 Å². The van der Waals surface area contributed by atoms with Gasteiger partial charge in [-0.1, -0.05) is 12.2 Å². The summed E-state index contributed by atoms with van der Waals surface area (Å²) in [5, 5.41) is 2.40. The molecule has 4 atom stereocenters. The van der Waals surface area contributed by atoms with Crippen LogP contribution in [0.4, 0.5) is 0 Å². The lowest BCUT2D eigenvalue weighted by atomic mass is 9.85. The van der Waals surface area contributed by atoms with Gasteiger partial charge in [0.2, 0.25) is 11.8 Å². The molecule has 0 unspecified atom stereocenters. The molecule has 3 heteroatoms. The first-order chi connectivity index (χ1) is 5.77. The van der Waals surface area contributed by atoms with Crippen LogP contribution >= 0.6 is 0 Å². The molecular formula is C9H9NO2. The standard InChI is InChI=1S/C9H9NO2/c11-8-6-4-1-2-5(3-4)7(6)9(12)10-8/h1-2,4-7H,3H2,(H,10,11,12)/t4-,5-,6-,7-/m1/s1. The summed E-state index contributed by atoms with van der Waals surface area (Å²) < 4.78 is 0. The maximum atomic E-state index is 11.3. The van der Waals surface area contributed by atoms with E-state index in [9.17, 15) is 9.59 Å². The molecule has 1 N–H and O–H groups in total. The average Bonchev–Trinajstić information content (AvgIpc) is 2.64. The third-order valence-corrected chi connectivity index (χ3v) is 3.31. The van der Waals surface area contributed by atoms with Crippen molar-refractivity contribution in [3.63, 3.8) is 0 Å². The summed E-state index contributed by atoms with van der Waals surface area (Å²) in [7, 11) is 0. The van der Waals surface area contributed by atoms with Gasteiger partial charge in [0.25, 0.3) is 0 Å². The Morgan fingerprint density at radius 2 is 1.58 bits per heavy atom. The van der Waals surface area contributed by atoms with Gasteiger partial charge in [0, 0.05) is 0 Å². The van der Waals surface area contributed by atoms with Gasteiger partial charge in [-0.25, -0.2) is 0 Å². The van der Waals surface area contributed by atoms with Gasteiger partial charge in [0.15, 0.2) is 0 Å². The van der Waals surface area contributed by atoms with Crippen molar-refractivity contribution in [2.45, 2.75) is 6.42 Å². The van der Waals surface area contributed by atoms with E-state index in [4.69, 9.17) is 0 Å². The molecule has 1 saturated heterocycles. The van der Waals surface area contributed by atoms with E-state index in [-0.39, 0.29) is 23.7 Å². The smallest absolute Gasteiger partial charge is 0.231 e. The summed E-state index contributed by atoms with van der Waals surface area (Å²) in [6, 6.07) is 0. The van der Waals surface area contributed by atoms with Gasteiger partial charge in [0.1, 0.15) is 0 Å². The predicted molar refractivity (Wildman–Crippen MR) is 40.9 cm³/mol. The van der Waals surface area contributed by atoms with Crippen molar-refractivity contribution in [1.82, 2.24) is 5.32 Å². The highest BCUT2D eigenvalue weighted by atomic mass is 16.2. The van der Waals surface area contributed by atoms with Gasteiger partial charge >= 0.3 is 0 Å². The Kier molecular flexibility index (Phi) is 0.953. The lowest BCUT2D eigenvalue weighted by molar-refractivity contribution is -0.126.